The van der Waals surface area contributed by atoms with Crippen molar-refractivity contribution in [3.63, 3.8) is 0 Å². The fourth-order valence-electron chi connectivity index (χ4n) is 2.18. The van der Waals surface area contributed by atoms with Gasteiger partial charge in [-0.3, -0.25) is 4.79 Å². The minimum atomic E-state index is -0.924. The average Bonchev–Trinajstić information content (AvgIpc) is 2.54. The van der Waals surface area contributed by atoms with Crippen molar-refractivity contribution in [3.8, 4) is 0 Å². The van der Waals surface area contributed by atoms with Crippen molar-refractivity contribution in [2.24, 2.45) is 5.73 Å². The third kappa shape index (κ3) is 5.05. The van der Waals surface area contributed by atoms with Crippen molar-refractivity contribution in [1.29, 1.82) is 0 Å². The SMILES string of the molecule is NC(=O)Nc1cccc(CNC(=O)CCc2cccc(F)c2F)c1. The Morgan fingerprint density at radius 1 is 1.08 bits per heavy atom. The molecule has 0 aliphatic heterocycles. The van der Waals surface area contributed by atoms with E-state index in [4.69, 9.17) is 5.73 Å². The lowest BCUT2D eigenvalue weighted by Crippen LogP contribution is -2.23. The summed E-state index contributed by atoms with van der Waals surface area (Å²) in [5.74, 6) is -2.13. The monoisotopic (exact) mass is 333 g/mol. The van der Waals surface area contributed by atoms with Crippen LogP contribution >= 0.6 is 0 Å². The van der Waals surface area contributed by atoms with Crippen LogP contribution in [0.25, 0.3) is 0 Å². The number of hydrogen-bond donors (Lipinski definition) is 3. The molecule has 126 valence electrons. The van der Waals surface area contributed by atoms with Gasteiger partial charge in [-0.1, -0.05) is 24.3 Å². The summed E-state index contributed by atoms with van der Waals surface area (Å²) in [7, 11) is 0. The molecule has 0 unspecified atom stereocenters. The van der Waals surface area contributed by atoms with Crippen LogP contribution in [0.5, 0.6) is 0 Å². The van der Waals surface area contributed by atoms with E-state index in [1.54, 1.807) is 24.3 Å². The quantitative estimate of drug-likeness (QED) is 0.759. The van der Waals surface area contributed by atoms with Crippen LogP contribution < -0.4 is 16.4 Å². The Morgan fingerprint density at radius 2 is 1.83 bits per heavy atom. The van der Waals surface area contributed by atoms with Gasteiger partial charge in [-0.25, -0.2) is 13.6 Å². The van der Waals surface area contributed by atoms with E-state index >= 15 is 0 Å². The maximum absolute atomic E-state index is 13.5. The number of aryl methyl sites for hydroxylation is 1. The Balaban J connectivity index is 1.85. The Hall–Kier alpha value is -2.96. The van der Waals surface area contributed by atoms with E-state index in [0.29, 0.717) is 5.69 Å². The number of benzene rings is 2. The summed E-state index contributed by atoms with van der Waals surface area (Å²) in [4.78, 5) is 22.6. The van der Waals surface area contributed by atoms with E-state index in [2.05, 4.69) is 10.6 Å². The number of carbonyl (C=O) groups is 2. The summed E-state index contributed by atoms with van der Waals surface area (Å²) in [6.07, 6.45) is 0.151. The van der Waals surface area contributed by atoms with Crippen molar-refractivity contribution in [2.45, 2.75) is 19.4 Å². The van der Waals surface area contributed by atoms with E-state index in [1.807, 2.05) is 0 Å². The molecule has 0 atom stereocenters. The van der Waals surface area contributed by atoms with E-state index in [1.165, 1.54) is 12.1 Å². The third-order valence-corrected chi connectivity index (χ3v) is 3.34. The molecule has 0 fully saturated rings. The first-order chi connectivity index (χ1) is 11.5. The van der Waals surface area contributed by atoms with Crippen molar-refractivity contribution < 1.29 is 18.4 Å². The molecule has 0 bridgehead atoms. The first-order valence-corrected chi connectivity index (χ1v) is 7.30. The molecule has 0 radical (unpaired) electrons. The third-order valence-electron chi connectivity index (χ3n) is 3.34. The van der Waals surface area contributed by atoms with Gasteiger partial charge < -0.3 is 16.4 Å². The van der Waals surface area contributed by atoms with Gasteiger partial charge in [0.2, 0.25) is 5.91 Å². The predicted molar refractivity (Wildman–Crippen MR) is 86.2 cm³/mol. The highest BCUT2D eigenvalue weighted by Crippen LogP contribution is 2.13. The molecule has 5 nitrogen and oxygen atoms in total. The lowest BCUT2D eigenvalue weighted by Gasteiger charge is -2.08. The van der Waals surface area contributed by atoms with Gasteiger partial charge in [0.15, 0.2) is 11.6 Å². The summed E-state index contributed by atoms with van der Waals surface area (Å²) in [5.41, 5.74) is 6.50. The first-order valence-electron chi connectivity index (χ1n) is 7.30. The molecule has 2 aromatic rings. The van der Waals surface area contributed by atoms with Crippen LogP contribution in [0, 0.1) is 11.6 Å². The standard InChI is InChI=1S/C17H17F2N3O2/c18-14-6-2-4-12(16(14)19)7-8-15(23)21-10-11-3-1-5-13(9-11)22-17(20)24/h1-6,9H,7-8,10H2,(H,21,23)(H3,20,22,24). The van der Waals surface area contributed by atoms with Gasteiger partial charge in [0.25, 0.3) is 0 Å². The number of nitrogens with two attached hydrogens (primary N) is 1. The van der Waals surface area contributed by atoms with Crippen LogP contribution in [-0.2, 0) is 17.8 Å². The van der Waals surface area contributed by atoms with Crippen molar-refractivity contribution in [3.05, 3.63) is 65.2 Å². The molecular weight excluding hydrogens is 316 g/mol. The molecule has 0 aliphatic carbocycles. The highest BCUT2D eigenvalue weighted by Gasteiger charge is 2.09. The maximum Gasteiger partial charge on any atom is 0.316 e. The van der Waals surface area contributed by atoms with Crippen molar-refractivity contribution in [1.82, 2.24) is 5.32 Å². The minimum absolute atomic E-state index is 0.0413. The van der Waals surface area contributed by atoms with Gasteiger partial charge >= 0.3 is 6.03 Å². The van der Waals surface area contributed by atoms with Crippen LogP contribution in [0.4, 0.5) is 19.3 Å². The zero-order valence-corrected chi connectivity index (χ0v) is 12.8. The second-order valence-electron chi connectivity index (χ2n) is 5.18. The largest absolute Gasteiger partial charge is 0.352 e. The zero-order valence-electron chi connectivity index (χ0n) is 12.8. The lowest BCUT2D eigenvalue weighted by atomic mass is 10.1. The molecule has 0 heterocycles. The molecule has 24 heavy (non-hydrogen) atoms. The highest BCUT2D eigenvalue weighted by atomic mass is 19.2. The molecule has 0 aromatic heterocycles. The van der Waals surface area contributed by atoms with Gasteiger partial charge in [0.1, 0.15) is 0 Å². The Kier molecular flexibility index (Phi) is 5.83. The number of urea groups is 1. The van der Waals surface area contributed by atoms with Crippen LogP contribution in [-0.4, -0.2) is 11.9 Å². The number of nitrogens with one attached hydrogen (secondary N) is 2. The molecule has 0 aliphatic rings. The number of primary amides is 1. The summed E-state index contributed by atoms with van der Waals surface area (Å²) >= 11 is 0. The average molecular weight is 333 g/mol. The van der Waals surface area contributed by atoms with E-state index in [-0.39, 0.29) is 30.9 Å². The first kappa shape index (κ1) is 17.4. The second kappa shape index (κ2) is 8.05. The molecule has 2 aromatic carbocycles. The molecule has 0 saturated heterocycles. The number of carbonyl (C=O) groups excluding carboxylic acids is 2. The van der Waals surface area contributed by atoms with E-state index in [0.717, 1.165) is 11.6 Å². The smallest absolute Gasteiger partial charge is 0.316 e. The summed E-state index contributed by atoms with van der Waals surface area (Å²) in [6, 6.07) is 10.1. The van der Waals surface area contributed by atoms with Crippen LogP contribution in [0.3, 0.4) is 0 Å². The zero-order chi connectivity index (χ0) is 17.5. The Bertz CT molecular complexity index is 750. The molecule has 0 spiro atoms. The number of halogens is 2. The Labute approximate surface area is 137 Å². The predicted octanol–water partition coefficient (Wildman–Crippen LogP) is 2.70. The molecule has 4 N–H and O–H groups in total. The minimum Gasteiger partial charge on any atom is -0.352 e. The van der Waals surface area contributed by atoms with Gasteiger partial charge in [-0.2, -0.15) is 0 Å². The molecular formula is C17H17F2N3O2. The van der Waals surface area contributed by atoms with Crippen molar-refractivity contribution in [2.75, 3.05) is 5.32 Å². The van der Waals surface area contributed by atoms with Crippen LogP contribution in [0.2, 0.25) is 0 Å². The molecule has 3 amide bonds. The van der Waals surface area contributed by atoms with Gasteiger partial charge in [-0.05, 0) is 35.7 Å². The normalized spacial score (nSPS) is 10.2. The fourth-order valence-corrected chi connectivity index (χ4v) is 2.18. The number of rotatable bonds is 6. The molecule has 0 saturated carbocycles. The summed E-state index contributed by atoms with van der Waals surface area (Å²) < 4.78 is 26.6. The summed E-state index contributed by atoms with van der Waals surface area (Å²) in [5, 5.41) is 5.12. The molecule has 2 rings (SSSR count). The number of hydrogen-bond acceptors (Lipinski definition) is 2. The highest BCUT2D eigenvalue weighted by molar-refractivity contribution is 5.87. The van der Waals surface area contributed by atoms with Gasteiger partial charge in [-0.15, -0.1) is 0 Å². The summed E-state index contributed by atoms with van der Waals surface area (Å²) in [6.45, 7) is 0.249. The van der Waals surface area contributed by atoms with E-state index < -0.39 is 17.7 Å². The topological polar surface area (TPSA) is 84.2 Å². The Morgan fingerprint density at radius 3 is 2.58 bits per heavy atom. The van der Waals surface area contributed by atoms with Gasteiger partial charge in [0, 0.05) is 18.7 Å². The molecule has 7 heteroatoms. The van der Waals surface area contributed by atoms with Crippen LogP contribution in [0.1, 0.15) is 17.5 Å². The lowest BCUT2D eigenvalue weighted by molar-refractivity contribution is -0.121. The number of anilines is 1. The second-order valence-corrected chi connectivity index (χ2v) is 5.18. The van der Waals surface area contributed by atoms with Gasteiger partial charge in [0.05, 0.1) is 0 Å². The van der Waals surface area contributed by atoms with Crippen LogP contribution in [0.15, 0.2) is 42.5 Å². The van der Waals surface area contributed by atoms with Crippen molar-refractivity contribution >= 4 is 17.6 Å². The fraction of sp³-hybridized carbons (Fsp3) is 0.176. The number of amides is 3. The maximum atomic E-state index is 13.5. The van der Waals surface area contributed by atoms with E-state index in [9.17, 15) is 18.4 Å².